The van der Waals surface area contributed by atoms with Crippen LogP contribution >= 0.6 is 23.2 Å². The van der Waals surface area contributed by atoms with E-state index in [0.29, 0.717) is 33.7 Å². The van der Waals surface area contributed by atoms with Crippen LogP contribution in [0.4, 0.5) is 0 Å². The van der Waals surface area contributed by atoms with Crippen molar-refractivity contribution in [3.05, 3.63) is 106 Å². The number of hydrazine groups is 1. The second-order valence-electron chi connectivity index (χ2n) is 9.28. The lowest BCUT2D eigenvalue weighted by atomic mass is 9.96. The molecule has 7 nitrogen and oxygen atoms in total. The summed E-state index contributed by atoms with van der Waals surface area (Å²) in [6, 6.07) is 26.9. The largest absolute Gasteiger partial charge is 0.300 e. The average molecular weight is 537 g/mol. The van der Waals surface area contributed by atoms with E-state index in [0.717, 1.165) is 32.7 Å². The normalized spacial score (nSPS) is 19.2. The molecule has 0 bridgehead atoms. The highest BCUT2D eigenvalue weighted by Gasteiger charge is 2.28. The highest BCUT2D eigenvalue weighted by molar-refractivity contribution is 6.36. The Morgan fingerprint density at radius 1 is 0.865 bits per heavy atom. The summed E-state index contributed by atoms with van der Waals surface area (Å²) in [5, 5.41) is 2.39. The summed E-state index contributed by atoms with van der Waals surface area (Å²) in [7, 11) is 0. The Balaban J connectivity index is 1.24. The lowest BCUT2D eigenvalue weighted by Crippen LogP contribution is -2.52. The number of nitrogens with zero attached hydrogens (tertiary/aromatic N) is 5. The summed E-state index contributed by atoms with van der Waals surface area (Å²) in [5.74, 6) is 7.30. The first-order chi connectivity index (χ1) is 18.0. The van der Waals surface area contributed by atoms with E-state index in [-0.39, 0.29) is 6.04 Å². The fourth-order valence-corrected chi connectivity index (χ4v) is 5.30. The van der Waals surface area contributed by atoms with Crippen LogP contribution in [0.3, 0.4) is 0 Å². The Labute approximate surface area is 228 Å². The van der Waals surface area contributed by atoms with E-state index < -0.39 is 6.29 Å². The molecule has 0 radical (unpaired) electrons. The Kier molecular flexibility index (Phi) is 8.20. The highest BCUT2D eigenvalue weighted by Crippen LogP contribution is 2.29. The number of amidine groups is 2. The molecule has 192 valence electrons. The van der Waals surface area contributed by atoms with Crippen molar-refractivity contribution in [2.45, 2.75) is 18.8 Å². The van der Waals surface area contributed by atoms with Gasteiger partial charge in [-0.1, -0.05) is 83.9 Å². The van der Waals surface area contributed by atoms with Gasteiger partial charge in [0, 0.05) is 49.7 Å². The van der Waals surface area contributed by atoms with E-state index in [9.17, 15) is 0 Å². The van der Waals surface area contributed by atoms with Crippen LogP contribution in [0.5, 0.6) is 0 Å². The fourth-order valence-electron chi connectivity index (χ4n) is 4.93. The van der Waals surface area contributed by atoms with Crippen LogP contribution in [0.2, 0.25) is 10.0 Å². The van der Waals surface area contributed by atoms with Gasteiger partial charge in [-0.05, 0) is 29.3 Å². The fraction of sp³-hybridized carbons (Fsp3) is 0.286. The second kappa shape index (κ2) is 11.7. The molecule has 5 rings (SSSR count). The maximum absolute atomic E-state index is 6.40. The van der Waals surface area contributed by atoms with Crippen molar-refractivity contribution in [2.75, 3.05) is 32.7 Å². The highest BCUT2D eigenvalue weighted by atomic mass is 35.5. The van der Waals surface area contributed by atoms with Crippen molar-refractivity contribution < 1.29 is 0 Å². The van der Waals surface area contributed by atoms with Gasteiger partial charge < -0.3 is 4.90 Å². The molecule has 0 saturated carbocycles. The van der Waals surface area contributed by atoms with Crippen molar-refractivity contribution in [3.8, 4) is 0 Å². The van der Waals surface area contributed by atoms with Crippen LogP contribution in [0.1, 0.15) is 29.2 Å². The van der Waals surface area contributed by atoms with Gasteiger partial charge in [-0.15, -0.1) is 0 Å². The van der Waals surface area contributed by atoms with Gasteiger partial charge in [0.05, 0.1) is 11.1 Å². The van der Waals surface area contributed by atoms with Crippen molar-refractivity contribution in [1.82, 2.24) is 14.8 Å². The molecule has 0 amide bonds. The third kappa shape index (κ3) is 6.04. The molecule has 1 atom stereocenters. The molecule has 3 aromatic rings. The molecule has 4 N–H and O–H groups in total. The van der Waals surface area contributed by atoms with Crippen LogP contribution in [-0.4, -0.2) is 65.5 Å². The van der Waals surface area contributed by atoms with E-state index in [4.69, 9.17) is 39.8 Å². The Hall–Kier alpha value is -2.78. The molecule has 37 heavy (non-hydrogen) atoms. The van der Waals surface area contributed by atoms with Crippen LogP contribution in [0, 0.1) is 0 Å². The van der Waals surface area contributed by atoms with E-state index in [2.05, 4.69) is 75.5 Å². The van der Waals surface area contributed by atoms with E-state index in [1.54, 1.807) is 18.2 Å². The van der Waals surface area contributed by atoms with Crippen molar-refractivity contribution in [1.29, 1.82) is 0 Å². The third-order valence-electron chi connectivity index (χ3n) is 6.87. The smallest absolute Gasteiger partial charge is 0.190 e. The summed E-state index contributed by atoms with van der Waals surface area (Å²) in [4.78, 5) is 14.2. The van der Waals surface area contributed by atoms with Gasteiger partial charge in [0.2, 0.25) is 0 Å². The molecule has 9 heteroatoms. The Bertz CT molecular complexity index is 1220. The first-order valence-electron chi connectivity index (χ1n) is 12.5. The van der Waals surface area contributed by atoms with Crippen molar-refractivity contribution in [2.24, 2.45) is 21.6 Å². The summed E-state index contributed by atoms with van der Waals surface area (Å²) < 4.78 is 0. The summed E-state index contributed by atoms with van der Waals surface area (Å²) in [6.45, 7) is 4.73. The van der Waals surface area contributed by atoms with Crippen LogP contribution in [-0.2, 0) is 0 Å². The molecule has 3 aromatic carbocycles. The first kappa shape index (κ1) is 25.9. The zero-order chi connectivity index (χ0) is 25.8. The zero-order valence-corrected chi connectivity index (χ0v) is 22.1. The number of rotatable bonds is 7. The number of benzene rings is 3. The SMILES string of the molecule is NC1N=C(CCN2CCN(C(c3ccccc3)c3ccccc3)CC2)N=C(c2cc(Cl)ccc2Cl)N1N. The third-order valence-corrected chi connectivity index (χ3v) is 7.43. The maximum Gasteiger partial charge on any atom is 0.190 e. The monoisotopic (exact) mass is 535 g/mol. The molecule has 1 fully saturated rings. The summed E-state index contributed by atoms with van der Waals surface area (Å²) >= 11 is 12.6. The number of hydrogen-bond donors (Lipinski definition) is 2. The number of aliphatic imine (C=N–C) groups is 2. The molecule has 0 aliphatic carbocycles. The molecular weight excluding hydrogens is 505 g/mol. The van der Waals surface area contributed by atoms with Crippen LogP contribution < -0.4 is 11.6 Å². The molecule has 2 aliphatic rings. The van der Waals surface area contributed by atoms with Gasteiger partial charge in [-0.25, -0.2) is 15.8 Å². The predicted octanol–water partition coefficient (Wildman–Crippen LogP) is 4.37. The minimum atomic E-state index is -0.730. The van der Waals surface area contributed by atoms with Gasteiger partial charge in [0.25, 0.3) is 0 Å². The molecule has 0 spiro atoms. The van der Waals surface area contributed by atoms with E-state index >= 15 is 0 Å². The second-order valence-corrected chi connectivity index (χ2v) is 10.1. The van der Waals surface area contributed by atoms with Gasteiger partial charge in [-0.2, -0.15) is 0 Å². The van der Waals surface area contributed by atoms with E-state index in [1.807, 2.05) is 0 Å². The van der Waals surface area contributed by atoms with Gasteiger partial charge in [0.15, 0.2) is 12.1 Å². The molecule has 1 saturated heterocycles. The standard InChI is InChI=1S/C28H31Cl2N7/c29-22-11-12-24(30)23(19-22)27-33-25(34-28(31)37(27)32)13-14-35-15-17-36(18-16-35)26(20-7-3-1-4-8-20)21-9-5-2-6-10-21/h1-12,19,26,28H,13-18,31-32H2. The van der Waals surface area contributed by atoms with Gasteiger partial charge >= 0.3 is 0 Å². The van der Waals surface area contributed by atoms with Crippen molar-refractivity contribution >= 4 is 34.9 Å². The molecule has 0 aromatic heterocycles. The Morgan fingerprint density at radius 2 is 1.49 bits per heavy atom. The van der Waals surface area contributed by atoms with Crippen LogP contribution in [0.15, 0.2) is 88.8 Å². The van der Waals surface area contributed by atoms with Crippen molar-refractivity contribution in [3.63, 3.8) is 0 Å². The number of piperazine rings is 1. The molecule has 2 aliphatic heterocycles. The van der Waals surface area contributed by atoms with Gasteiger partial charge in [0.1, 0.15) is 5.84 Å². The minimum Gasteiger partial charge on any atom is -0.300 e. The summed E-state index contributed by atoms with van der Waals surface area (Å²) in [6.07, 6.45) is -0.0591. The molecule has 2 heterocycles. The molecular formula is C28H31Cl2N7. The number of nitrogens with two attached hydrogens (primary N) is 2. The lowest BCUT2D eigenvalue weighted by Gasteiger charge is -2.40. The minimum absolute atomic E-state index is 0.246. The molecule has 1 unspecified atom stereocenters. The van der Waals surface area contributed by atoms with Gasteiger partial charge in [-0.3, -0.25) is 15.6 Å². The van der Waals surface area contributed by atoms with E-state index in [1.165, 1.54) is 16.1 Å². The topological polar surface area (TPSA) is 86.5 Å². The predicted molar refractivity (Wildman–Crippen MR) is 152 cm³/mol. The zero-order valence-electron chi connectivity index (χ0n) is 20.5. The average Bonchev–Trinajstić information content (AvgIpc) is 2.93. The first-order valence-corrected chi connectivity index (χ1v) is 13.2. The number of halogens is 2. The maximum atomic E-state index is 6.40. The quantitative estimate of drug-likeness (QED) is 0.438. The summed E-state index contributed by atoms with van der Waals surface area (Å²) in [5.41, 5.74) is 9.47. The Morgan fingerprint density at radius 3 is 2.11 bits per heavy atom. The van der Waals surface area contributed by atoms with Crippen LogP contribution in [0.25, 0.3) is 0 Å². The number of hydrogen-bond acceptors (Lipinski definition) is 7. The lowest BCUT2D eigenvalue weighted by molar-refractivity contribution is 0.111.